The number of pyridine rings is 2. The van der Waals surface area contributed by atoms with Gasteiger partial charge in [-0.1, -0.05) is 5.92 Å². The summed E-state index contributed by atoms with van der Waals surface area (Å²) >= 11 is 0. The van der Waals surface area contributed by atoms with Crippen LogP contribution in [0.25, 0.3) is 0 Å². The lowest BCUT2D eigenvalue weighted by molar-refractivity contribution is 0.365. The highest BCUT2D eigenvalue weighted by atomic mass is 19.1. The molecule has 0 aliphatic heterocycles. The van der Waals surface area contributed by atoms with Crippen LogP contribution in [-0.2, 0) is 6.42 Å². The fraction of sp³-hybridized carbons (Fsp3) is 0.250. The van der Waals surface area contributed by atoms with Gasteiger partial charge < -0.3 is 10.5 Å². The van der Waals surface area contributed by atoms with E-state index in [9.17, 15) is 4.39 Å². The minimum atomic E-state index is -0.486. The summed E-state index contributed by atoms with van der Waals surface area (Å²) in [5.74, 6) is 5.66. The highest BCUT2D eigenvalue weighted by Gasteiger charge is 2.11. The molecule has 2 N–H and O–H groups in total. The fourth-order valence-corrected chi connectivity index (χ4v) is 1.90. The molecule has 0 amide bonds. The Morgan fingerprint density at radius 2 is 2.14 bits per heavy atom. The van der Waals surface area contributed by atoms with Gasteiger partial charge >= 0.3 is 0 Å². The Bertz CT molecular complexity index is 704. The number of rotatable bonds is 4. The molecular formula is C16H16FN3O. The van der Waals surface area contributed by atoms with E-state index in [1.165, 1.54) is 6.20 Å². The van der Waals surface area contributed by atoms with Crippen LogP contribution in [0.2, 0.25) is 0 Å². The molecule has 0 aliphatic carbocycles. The summed E-state index contributed by atoms with van der Waals surface area (Å²) in [6.45, 7) is 3.97. The van der Waals surface area contributed by atoms with E-state index in [0.29, 0.717) is 24.3 Å². The molecule has 108 valence electrons. The zero-order valence-electron chi connectivity index (χ0n) is 12.0. The zero-order valence-corrected chi connectivity index (χ0v) is 12.0. The maximum atomic E-state index is 13.9. The quantitative estimate of drug-likeness (QED) is 0.877. The van der Waals surface area contributed by atoms with Gasteiger partial charge in [0.1, 0.15) is 12.4 Å². The van der Waals surface area contributed by atoms with Gasteiger partial charge in [-0.15, -0.1) is 5.92 Å². The maximum absolute atomic E-state index is 13.9. The molecule has 0 spiro atoms. The molecule has 2 aromatic rings. The molecule has 0 saturated heterocycles. The number of nitrogens with two attached hydrogens (primary N) is 1. The number of halogens is 1. The van der Waals surface area contributed by atoms with Crippen LogP contribution in [0.5, 0.6) is 5.75 Å². The SMILES string of the molecule is CC#CCOc1cncc(Cc2ccnc(N)c2F)c1C. The molecule has 2 heterocycles. The minimum absolute atomic E-state index is 0.0938. The summed E-state index contributed by atoms with van der Waals surface area (Å²) in [5.41, 5.74) is 7.76. The first-order chi connectivity index (χ1) is 10.1. The van der Waals surface area contributed by atoms with E-state index in [0.717, 1.165) is 11.1 Å². The first-order valence-corrected chi connectivity index (χ1v) is 6.48. The summed E-state index contributed by atoms with van der Waals surface area (Å²) in [4.78, 5) is 7.85. The number of ether oxygens (including phenoxy) is 1. The second-order valence-electron chi connectivity index (χ2n) is 4.48. The largest absolute Gasteiger partial charge is 0.479 e. The molecule has 0 aliphatic rings. The molecule has 4 nitrogen and oxygen atoms in total. The number of hydrogen-bond acceptors (Lipinski definition) is 4. The van der Waals surface area contributed by atoms with Crippen LogP contribution in [0, 0.1) is 24.6 Å². The molecule has 0 saturated carbocycles. The average Bonchev–Trinajstić information content (AvgIpc) is 2.48. The Labute approximate surface area is 123 Å². The Morgan fingerprint density at radius 1 is 1.33 bits per heavy atom. The number of anilines is 1. The van der Waals surface area contributed by atoms with Crippen LogP contribution >= 0.6 is 0 Å². The number of aromatic nitrogens is 2. The van der Waals surface area contributed by atoms with Gasteiger partial charge in [0, 0.05) is 18.8 Å². The zero-order chi connectivity index (χ0) is 15.2. The van der Waals surface area contributed by atoms with Gasteiger partial charge in [0.2, 0.25) is 0 Å². The van der Waals surface area contributed by atoms with Crippen molar-refractivity contribution in [3.05, 3.63) is 47.2 Å². The summed E-state index contributed by atoms with van der Waals surface area (Å²) in [7, 11) is 0. The highest BCUT2D eigenvalue weighted by molar-refractivity contribution is 5.42. The van der Waals surface area contributed by atoms with Crippen LogP contribution < -0.4 is 10.5 Å². The normalized spacial score (nSPS) is 9.86. The van der Waals surface area contributed by atoms with Crippen molar-refractivity contribution in [3.8, 4) is 17.6 Å². The van der Waals surface area contributed by atoms with Crippen LogP contribution in [0.4, 0.5) is 10.2 Å². The van der Waals surface area contributed by atoms with Crippen LogP contribution in [0.3, 0.4) is 0 Å². The van der Waals surface area contributed by atoms with Crippen LogP contribution in [0.1, 0.15) is 23.6 Å². The van der Waals surface area contributed by atoms with Gasteiger partial charge in [-0.2, -0.15) is 0 Å². The predicted molar refractivity (Wildman–Crippen MR) is 79.3 cm³/mol. The maximum Gasteiger partial charge on any atom is 0.168 e. The van der Waals surface area contributed by atoms with Gasteiger partial charge in [-0.05, 0) is 36.6 Å². The van der Waals surface area contributed by atoms with E-state index in [2.05, 4.69) is 21.8 Å². The number of hydrogen-bond donors (Lipinski definition) is 1. The van der Waals surface area contributed by atoms with Gasteiger partial charge in [0.05, 0.1) is 6.20 Å². The molecule has 2 rings (SSSR count). The predicted octanol–water partition coefficient (Wildman–Crippen LogP) is 2.50. The van der Waals surface area contributed by atoms with Crippen molar-refractivity contribution in [1.29, 1.82) is 0 Å². The van der Waals surface area contributed by atoms with Gasteiger partial charge in [0.25, 0.3) is 0 Å². The third-order valence-corrected chi connectivity index (χ3v) is 3.13. The van der Waals surface area contributed by atoms with Crippen molar-refractivity contribution in [1.82, 2.24) is 9.97 Å². The van der Waals surface area contributed by atoms with Crippen molar-refractivity contribution in [3.63, 3.8) is 0 Å². The van der Waals surface area contributed by atoms with Crippen molar-refractivity contribution in [2.75, 3.05) is 12.3 Å². The Balaban J connectivity index is 2.25. The molecule has 0 bridgehead atoms. The third kappa shape index (κ3) is 3.48. The fourth-order valence-electron chi connectivity index (χ4n) is 1.90. The lowest BCUT2D eigenvalue weighted by Crippen LogP contribution is -2.03. The molecule has 5 heteroatoms. The van der Waals surface area contributed by atoms with E-state index in [1.807, 2.05) is 6.92 Å². The molecule has 0 fully saturated rings. The highest BCUT2D eigenvalue weighted by Crippen LogP contribution is 2.23. The minimum Gasteiger partial charge on any atom is -0.479 e. The van der Waals surface area contributed by atoms with Crippen molar-refractivity contribution in [2.45, 2.75) is 20.3 Å². The molecule has 21 heavy (non-hydrogen) atoms. The molecule has 0 atom stereocenters. The Morgan fingerprint density at radius 3 is 2.90 bits per heavy atom. The smallest absolute Gasteiger partial charge is 0.168 e. The summed E-state index contributed by atoms with van der Waals surface area (Å²) in [5, 5.41) is 0. The molecular weight excluding hydrogens is 269 g/mol. The second-order valence-corrected chi connectivity index (χ2v) is 4.48. The summed E-state index contributed by atoms with van der Waals surface area (Å²) < 4.78 is 19.5. The van der Waals surface area contributed by atoms with Crippen LogP contribution in [0.15, 0.2) is 24.7 Å². The lowest BCUT2D eigenvalue weighted by Gasteiger charge is -2.11. The molecule has 0 unspecified atom stereocenters. The van der Waals surface area contributed by atoms with E-state index < -0.39 is 5.82 Å². The van der Waals surface area contributed by atoms with Gasteiger partial charge in [0.15, 0.2) is 11.6 Å². The summed E-state index contributed by atoms with van der Waals surface area (Å²) in [6, 6.07) is 1.61. The number of nitrogens with zero attached hydrogens (tertiary/aromatic N) is 2. The standard InChI is InChI=1S/C16H16FN3O/c1-3-4-7-21-14-10-19-9-13(11(14)2)8-12-5-6-20-16(18)15(12)17/h5-6,9-10H,7-8H2,1-2H3,(H2,18,20). The first kappa shape index (κ1) is 14.8. The number of nitrogen functional groups attached to an aromatic ring is 1. The van der Waals surface area contributed by atoms with Crippen molar-refractivity contribution in [2.24, 2.45) is 0 Å². The van der Waals surface area contributed by atoms with Gasteiger partial charge in [-0.25, -0.2) is 9.37 Å². The Kier molecular flexibility index (Phi) is 4.72. The van der Waals surface area contributed by atoms with E-state index in [-0.39, 0.29) is 5.82 Å². The van der Waals surface area contributed by atoms with Crippen molar-refractivity contribution < 1.29 is 9.13 Å². The molecule has 2 aromatic heterocycles. The first-order valence-electron chi connectivity index (χ1n) is 6.48. The van der Waals surface area contributed by atoms with E-state index in [1.54, 1.807) is 25.4 Å². The molecule has 0 aromatic carbocycles. The Hall–Kier alpha value is -2.61. The van der Waals surface area contributed by atoms with Crippen molar-refractivity contribution >= 4 is 5.82 Å². The lowest BCUT2D eigenvalue weighted by atomic mass is 10.0. The van der Waals surface area contributed by atoms with E-state index >= 15 is 0 Å². The van der Waals surface area contributed by atoms with E-state index in [4.69, 9.17) is 10.5 Å². The topological polar surface area (TPSA) is 61.0 Å². The average molecular weight is 285 g/mol. The summed E-state index contributed by atoms with van der Waals surface area (Å²) in [6.07, 6.45) is 5.21. The van der Waals surface area contributed by atoms with Crippen LogP contribution in [-0.4, -0.2) is 16.6 Å². The second kappa shape index (κ2) is 6.71. The monoisotopic (exact) mass is 285 g/mol. The van der Waals surface area contributed by atoms with Gasteiger partial charge in [-0.3, -0.25) is 4.98 Å². The molecule has 0 radical (unpaired) electrons. The third-order valence-electron chi connectivity index (χ3n) is 3.13.